The summed E-state index contributed by atoms with van der Waals surface area (Å²) in [6.45, 7) is 4.81. The molecule has 0 bridgehead atoms. The van der Waals surface area contributed by atoms with E-state index in [1.165, 1.54) is 11.8 Å². The highest BCUT2D eigenvalue weighted by atomic mass is 16.2. The Kier molecular flexibility index (Phi) is 4.31. The van der Waals surface area contributed by atoms with Crippen LogP contribution in [0.1, 0.15) is 19.3 Å². The van der Waals surface area contributed by atoms with Gasteiger partial charge in [0.05, 0.1) is 5.52 Å². The summed E-state index contributed by atoms with van der Waals surface area (Å²) in [5.41, 5.74) is 1.21. The van der Waals surface area contributed by atoms with Gasteiger partial charge in [0.2, 0.25) is 5.91 Å². The fourth-order valence-electron chi connectivity index (χ4n) is 5.52. The van der Waals surface area contributed by atoms with Gasteiger partial charge in [-0.3, -0.25) is 4.79 Å². The zero-order valence-electron chi connectivity index (χ0n) is 17.0. The number of aromatic nitrogens is 1. The number of likely N-dealkylation sites (tertiary alicyclic amines) is 1. The predicted octanol–water partition coefficient (Wildman–Crippen LogP) is 2.86. The monoisotopic (exact) mass is 378 g/mol. The van der Waals surface area contributed by atoms with Gasteiger partial charge in [-0.15, -0.1) is 0 Å². The molecule has 5 nitrogen and oxygen atoms in total. The first-order chi connectivity index (χ1) is 13.5. The third-order valence-electron chi connectivity index (χ3n) is 7.06. The van der Waals surface area contributed by atoms with Crippen molar-refractivity contribution >= 4 is 22.6 Å². The summed E-state index contributed by atoms with van der Waals surface area (Å²) in [6, 6.07) is 12.6. The second kappa shape index (κ2) is 6.73. The molecule has 5 rings (SSSR count). The van der Waals surface area contributed by atoms with E-state index in [4.69, 9.17) is 4.98 Å². The molecule has 2 atom stereocenters. The highest BCUT2D eigenvalue weighted by Gasteiger charge is 2.54. The van der Waals surface area contributed by atoms with Crippen LogP contribution in [-0.4, -0.2) is 67.5 Å². The van der Waals surface area contributed by atoms with Crippen molar-refractivity contribution in [2.45, 2.75) is 19.3 Å². The lowest BCUT2D eigenvalue weighted by Crippen LogP contribution is -2.44. The van der Waals surface area contributed by atoms with Crippen LogP contribution in [0.15, 0.2) is 36.4 Å². The molecule has 3 fully saturated rings. The Labute approximate surface area is 167 Å². The van der Waals surface area contributed by atoms with Crippen LogP contribution in [0.3, 0.4) is 0 Å². The number of anilines is 1. The van der Waals surface area contributed by atoms with Crippen LogP contribution in [0.25, 0.3) is 10.9 Å². The second-order valence-electron chi connectivity index (χ2n) is 9.39. The first-order valence-electron chi connectivity index (χ1n) is 10.6. The van der Waals surface area contributed by atoms with Gasteiger partial charge in [-0.05, 0) is 45.1 Å². The number of carbonyl (C=O) groups is 1. The molecule has 3 heterocycles. The molecule has 2 unspecified atom stereocenters. The summed E-state index contributed by atoms with van der Waals surface area (Å²) in [7, 11) is 4.30. The molecule has 2 aromatic rings. The van der Waals surface area contributed by atoms with E-state index in [9.17, 15) is 4.79 Å². The third-order valence-corrected chi connectivity index (χ3v) is 7.06. The number of rotatable bonds is 4. The van der Waals surface area contributed by atoms with Gasteiger partial charge in [-0.2, -0.15) is 0 Å². The molecule has 0 N–H and O–H groups in total. The van der Waals surface area contributed by atoms with Crippen molar-refractivity contribution in [1.82, 2.24) is 14.8 Å². The molecular weight excluding hydrogens is 348 g/mol. The normalized spacial score (nSPS) is 27.5. The molecule has 5 heteroatoms. The molecule has 0 spiro atoms. The van der Waals surface area contributed by atoms with Crippen molar-refractivity contribution in [3.8, 4) is 0 Å². The lowest BCUT2D eigenvalue weighted by molar-refractivity contribution is -0.137. The molecular formula is C23H30N4O. The van der Waals surface area contributed by atoms with Crippen molar-refractivity contribution in [2.24, 2.45) is 17.3 Å². The van der Waals surface area contributed by atoms with E-state index in [-0.39, 0.29) is 5.41 Å². The second-order valence-corrected chi connectivity index (χ2v) is 9.39. The Hall–Kier alpha value is -2.14. The lowest BCUT2D eigenvalue weighted by Gasteiger charge is -2.34. The van der Waals surface area contributed by atoms with Gasteiger partial charge in [0.1, 0.15) is 5.82 Å². The predicted molar refractivity (Wildman–Crippen MR) is 112 cm³/mol. The van der Waals surface area contributed by atoms with Crippen LogP contribution in [0, 0.1) is 17.3 Å². The molecule has 0 radical (unpaired) electrons. The average Bonchev–Trinajstić information content (AvgIpc) is 3.13. The number of pyridine rings is 1. The summed E-state index contributed by atoms with van der Waals surface area (Å²) >= 11 is 0. The van der Waals surface area contributed by atoms with Crippen LogP contribution in [0.5, 0.6) is 0 Å². The molecule has 1 amide bonds. The number of amides is 1. The summed E-state index contributed by atoms with van der Waals surface area (Å²) in [4.78, 5) is 24.7. The van der Waals surface area contributed by atoms with Gasteiger partial charge < -0.3 is 14.7 Å². The van der Waals surface area contributed by atoms with Gasteiger partial charge in [-0.1, -0.05) is 24.6 Å². The van der Waals surface area contributed by atoms with E-state index in [1.54, 1.807) is 0 Å². The Morgan fingerprint density at radius 3 is 2.71 bits per heavy atom. The molecule has 2 aliphatic heterocycles. The Bertz CT molecular complexity index is 893. The largest absolute Gasteiger partial charge is 0.356 e. The third kappa shape index (κ3) is 2.96. The minimum atomic E-state index is 0.149. The summed E-state index contributed by atoms with van der Waals surface area (Å²) in [6.07, 6.45) is 3.40. The van der Waals surface area contributed by atoms with E-state index >= 15 is 0 Å². The molecule has 1 saturated carbocycles. The van der Waals surface area contributed by atoms with Crippen LogP contribution in [-0.2, 0) is 4.79 Å². The average molecular weight is 379 g/mol. The quantitative estimate of drug-likeness (QED) is 0.820. The fourth-order valence-corrected chi connectivity index (χ4v) is 5.52. The minimum absolute atomic E-state index is 0.149. The zero-order valence-corrected chi connectivity index (χ0v) is 17.0. The Morgan fingerprint density at radius 2 is 1.96 bits per heavy atom. The minimum Gasteiger partial charge on any atom is -0.356 e. The number of carbonyl (C=O) groups excluding carboxylic acids is 1. The number of hydrogen-bond acceptors (Lipinski definition) is 4. The SMILES string of the molecule is CN(C)CC12CN(C(=O)C3CCC3)CC1CN(c1ccc3ccccc3n1)C2. The number of benzene rings is 1. The molecule has 2 saturated heterocycles. The van der Waals surface area contributed by atoms with Crippen molar-refractivity contribution in [3.63, 3.8) is 0 Å². The standard InChI is InChI=1S/C23H30N4O/c1-25(2)14-23-15-26(21-11-10-17-6-3-4-9-20(17)24-21)12-19(23)13-27(16-23)22(28)18-7-5-8-18/h3-4,6,9-11,18-19H,5,7-8,12-16H2,1-2H3. The summed E-state index contributed by atoms with van der Waals surface area (Å²) < 4.78 is 0. The highest BCUT2D eigenvalue weighted by Crippen LogP contribution is 2.45. The zero-order chi connectivity index (χ0) is 19.3. The van der Waals surface area contributed by atoms with Gasteiger partial charge in [-0.25, -0.2) is 4.98 Å². The lowest BCUT2D eigenvalue weighted by atomic mass is 9.80. The molecule has 1 aliphatic carbocycles. The molecule has 28 heavy (non-hydrogen) atoms. The van der Waals surface area contributed by atoms with Gasteiger partial charge in [0, 0.05) is 55.4 Å². The number of para-hydroxylation sites is 1. The van der Waals surface area contributed by atoms with E-state index in [0.717, 1.165) is 56.9 Å². The highest BCUT2D eigenvalue weighted by molar-refractivity contribution is 5.81. The summed E-state index contributed by atoms with van der Waals surface area (Å²) in [5.74, 6) is 2.30. The maximum absolute atomic E-state index is 12.9. The van der Waals surface area contributed by atoms with Gasteiger partial charge in [0.15, 0.2) is 0 Å². The molecule has 1 aromatic heterocycles. The number of nitrogens with zero attached hydrogens (tertiary/aromatic N) is 4. The fraction of sp³-hybridized carbons (Fsp3) is 0.565. The van der Waals surface area contributed by atoms with Crippen molar-refractivity contribution in [1.29, 1.82) is 0 Å². The summed E-state index contributed by atoms with van der Waals surface area (Å²) in [5, 5.41) is 1.19. The molecule has 1 aromatic carbocycles. The van der Waals surface area contributed by atoms with E-state index in [1.807, 2.05) is 0 Å². The van der Waals surface area contributed by atoms with Crippen LogP contribution >= 0.6 is 0 Å². The Morgan fingerprint density at radius 1 is 1.14 bits per heavy atom. The van der Waals surface area contributed by atoms with E-state index < -0.39 is 0 Å². The topological polar surface area (TPSA) is 39.7 Å². The first-order valence-corrected chi connectivity index (χ1v) is 10.6. The van der Waals surface area contributed by atoms with E-state index in [2.05, 4.69) is 65.2 Å². The smallest absolute Gasteiger partial charge is 0.225 e. The van der Waals surface area contributed by atoms with Gasteiger partial charge >= 0.3 is 0 Å². The van der Waals surface area contributed by atoms with Crippen molar-refractivity contribution in [2.75, 3.05) is 51.7 Å². The van der Waals surface area contributed by atoms with Crippen LogP contribution < -0.4 is 4.90 Å². The van der Waals surface area contributed by atoms with Crippen LogP contribution in [0.4, 0.5) is 5.82 Å². The first kappa shape index (κ1) is 17.9. The van der Waals surface area contributed by atoms with Crippen molar-refractivity contribution in [3.05, 3.63) is 36.4 Å². The maximum Gasteiger partial charge on any atom is 0.225 e. The molecule has 148 valence electrons. The number of fused-ring (bicyclic) bond motifs is 2. The van der Waals surface area contributed by atoms with Crippen molar-refractivity contribution < 1.29 is 4.79 Å². The number of hydrogen-bond donors (Lipinski definition) is 0. The Balaban J connectivity index is 1.39. The van der Waals surface area contributed by atoms with Gasteiger partial charge in [0.25, 0.3) is 0 Å². The van der Waals surface area contributed by atoms with Crippen LogP contribution in [0.2, 0.25) is 0 Å². The molecule has 3 aliphatic rings. The maximum atomic E-state index is 12.9. The van der Waals surface area contributed by atoms with E-state index in [0.29, 0.717) is 17.7 Å².